The number of nitrogens with one attached hydrogen (secondary N) is 1. The Kier molecular flexibility index (Phi) is 5.06. The second-order valence-electron chi connectivity index (χ2n) is 5.16. The lowest BCUT2D eigenvalue weighted by Gasteiger charge is -2.19. The van der Waals surface area contributed by atoms with E-state index in [-0.39, 0.29) is 5.56 Å². The average molecular weight is 310 g/mol. The number of aryl methyl sites for hydroxylation is 3. The third-order valence-electron chi connectivity index (χ3n) is 3.57. The fourth-order valence-corrected chi connectivity index (χ4v) is 3.30. The van der Waals surface area contributed by atoms with Gasteiger partial charge < -0.3 is 5.32 Å². The van der Waals surface area contributed by atoms with Crippen LogP contribution >= 0.6 is 11.3 Å². The first-order valence-electron chi connectivity index (χ1n) is 7.04. The maximum Gasteiger partial charge on any atom is 0.133 e. The van der Waals surface area contributed by atoms with E-state index in [1.807, 2.05) is 20.8 Å². The van der Waals surface area contributed by atoms with Gasteiger partial charge in [-0.2, -0.15) is 0 Å². The number of thiazole rings is 1. The number of likely N-dealkylation sites (N-methyl/N-ethyl adjacent to an activating group) is 1. The van der Waals surface area contributed by atoms with Crippen LogP contribution < -0.4 is 5.32 Å². The lowest BCUT2D eigenvalue weighted by atomic mass is 10.00. The Morgan fingerprint density at radius 2 is 1.95 bits per heavy atom. The molecule has 5 heteroatoms. The Hall–Kier alpha value is -1.33. The van der Waals surface area contributed by atoms with Crippen molar-refractivity contribution >= 4 is 11.3 Å². The monoisotopic (exact) mass is 310 g/mol. The Balaban J connectivity index is 2.37. The molecular weight excluding hydrogens is 290 g/mol. The van der Waals surface area contributed by atoms with Crippen molar-refractivity contribution in [1.82, 2.24) is 10.3 Å². The normalized spacial score (nSPS) is 12.7. The molecule has 0 aliphatic heterocycles. The van der Waals surface area contributed by atoms with Crippen LogP contribution in [0.1, 0.15) is 39.7 Å². The summed E-state index contributed by atoms with van der Waals surface area (Å²) in [6.45, 7) is 8.18. The molecule has 0 saturated heterocycles. The van der Waals surface area contributed by atoms with Crippen molar-refractivity contribution in [3.05, 3.63) is 50.5 Å². The zero-order valence-electron chi connectivity index (χ0n) is 12.8. The van der Waals surface area contributed by atoms with Crippen LogP contribution in [0, 0.1) is 32.4 Å². The number of nitrogens with zero attached hydrogens (tertiary/aromatic N) is 1. The fourth-order valence-electron chi connectivity index (χ4n) is 2.32. The predicted molar refractivity (Wildman–Crippen MR) is 82.8 cm³/mol. The predicted octanol–water partition coefficient (Wildman–Crippen LogP) is 4.24. The quantitative estimate of drug-likeness (QED) is 0.893. The first kappa shape index (κ1) is 16.0. The zero-order valence-corrected chi connectivity index (χ0v) is 13.6. The van der Waals surface area contributed by atoms with E-state index in [1.165, 1.54) is 12.1 Å². The summed E-state index contributed by atoms with van der Waals surface area (Å²) in [5, 5.41) is 4.07. The van der Waals surface area contributed by atoms with Crippen LogP contribution in [0.5, 0.6) is 0 Å². The molecule has 0 amide bonds. The number of halogens is 2. The highest BCUT2D eigenvalue weighted by Crippen LogP contribution is 2.28. The molecule has 0 bridgehead atoms. The van der Waals surface area contributed by atoms with Gasteiger partial charge in [0.05, 0.1) is 10.7 Å². The van der Waals surface area contributed by atoms with E-state index in [2.05, 4.69) is 10.3 Å². The Morgan fingerprint density at radius 1 is 1.24 bits per heavy atom. The summed E-state index contributed by atoms with van der Waals surface area (Å²) in [5.74, 6) is -0.972. The smallest absolute Gasteiger partial charge is 0.133 e. The molecule has 0 spiro atoms. The van der Waals surface area contributed by atoms with Gasteiger partial charge in [-0.05, 0) is 38.9 Å². The molecule has 2 nitrogen and oxygen atoms in total. The molecule has 114 valence electrons. The molecule has 2 aromatic rings. The molecule has 0 aliphatic carbocycles. The van der Waals surface area contributed by atoms with Gasteiger partial charge in [-0.15, -0.1) is 11.3 Å². The Morgan fingerprint density at radius 3 is 2.52 bits per heavy atom. The van der Waals surface area contributed by atoms with Crippen LogP contribution in [0.25, 0.3) is 0 Å². The first-order valence-corrected chi connectivity index (χ1v) is 7.86. The van der Waals surface area contributed by atoms with Gasteiger partial charge >= 0.3 is 0 Å². The number of benzene rings is 1. The third-order valence-corrected chi connectivity index (χ3v) is 4.67. The van der Waals surface area contributed by atoms with E-state index in [4.69, 9.17) is 0 Å². The van der Waals surface area contributed by atoms with Crippen LogP contribution in [0.2, 0.25) is 0 Å². The summed E-state index contributed by atoms with van der Waals surface area (Å²) in [5.41, 5.74) is 1.55. The summed E-state index contributed by atoms with van der Waals surface area (Å²) in [7, 11) is 0. The summed E-state index contributed by atoms with van der Waals surface area (Å²) in [6, 6.07) is 2.39. The minimum absolute atomic E-state index is 0.113. The van der Waals surface area contributed by atoms with E-state index < -0.39 is 17.7 Å². The molecule has 1 aromatic heterocycles. The third kappa shape index (κ3) is 3.47. The molecule has 1 atom stereocenters. The Labute approximate surface area is 128 Å². The second-order valence-corrected chi connectivity index (χ2v) is 6.44. The minimum atomic E-state index is -0.506. The van der Waals surface area contributed by atoms with Crippen molar-refractivity contribution in [1.29, 1.82) is 0 Å². The highest BCUT2D eigenvalue weighted by molar-refractivity contribution is 7.11. The topological polar surface area (TPSA) is 24.9 Å². The lowest BCUT2D eigenvalue weighted by molar-refractivity contribution is 0.470. The van der Waals surface area contributed by atoms with E-state index in [0.29, 0.717) is 18.5 Å². The van der Waals surface area contributed by atoms with Gasteiger partial charge in [0.15, 0.2) is 0 Å². The van der Waals surface area contributed by atoms with Gasteiger partial charge in [-0.3, -0.25) is 0 Å². The van der Waals surface area contributed by atoms with Crippen LogP contribution in [0.3, 0.4) is 0 Å². The van der Waals surface area contributed by atoms with Crippen molar-refractivity contribution < 1.29 is 8.78 Å². The molecule has 1 aromatic carbocycles. The number of hydrogen-bond acceptors (Lipinski definition) is 3. The van der Waals surface area contributed by atoms with Gasteiger partial charge in [0.1, 0.15) is 11.6 Å². The second kappa shape index (κ2) is 6.62. The van der Waals surface area contributed by atoms with E-state index in [1.54, 1.807) is 18.3 Å². The molecule has 1 N–H and O–H groups in total. The maximum absolute atomic E-state index is 14.3. The molecule has 2 rings (SSSR count). The maximum atomic E-state index is 14.3. The van der Waals surface area contributed by atoms with Gasteiger partial charge in [0, 0.05) is 22.9 Å². The van der Waals surface area contributed by atoms with Gasteiger partial charge in [-0.1, -0.05) is 13.0 Å². The first-order chi connectivity index (χ1) is 9.93. The van der Waals surface area contributed by atoms with Crippen LogP contribution in [0.4, 0.5) is 8.78 Å². The molecule has 1 heterocycles. The van der Waals surface area contributed by atoms with Crippen molar-refractivity contribution in [2.45, 2.75) is 40.2 Å². The SMILES string of the molecule is CCNC(Cc1nc(C)c(C)s1)c1c(F)ccc(C)c1F. The summed E-state index contributed by atoms with van der Waals surface area (Å²) >= 11 is 1.58. The van der Waals surface area contributed by atoms with Crippen LogP contribution in [-0.4, -0.2) is 11.5 Å². The van der Waals surface area contributed by atoms with Crippen LogP contribution in [-0.2, 0) is 6.42 Å². The standard InChI is InChI=1S/C16H20F2N2S/c1-5-19-13(8-14-20-10(3)11(4)21-14)15-12(17)7-6-9(2)16(15)18/h6-7,13,19H,5,8H2,1-4H3. The molecule has 0 radical (unpaired) electrons. The number of hydrogen-bond donors (Lipinski definition) is 1. The minimum Gasteiger partial charge on any atom is -0.310 e. The van der Waals surface area contributed by atoms with Crippen molar-refractivity contribution in [3.8, 4) is 0 Å². The van der Waals surface area contributed by atoms with E-state index in [9.17, 15) is 8.78 Å². The molecular formula is C16H20F2N2S. The molecule has 1 unspecified atom stereocenters. The van der Waals surface area contributed by atoms with Crippen molar-refractivity contribution in [2.75, 3.05) is 6.54 Å². The molecule has 0 aliphatic rings. The average Bonchev–Trinajstić information content (AvgIpc) is 2.73. The zero-order chi connectivity index (χ0) is 15.6. The van der Waals surface area contributed by atoms with Gasteiger partial charge in [-0.25, -0.2) is 13.8 Å². The summed E-state index contributed by atoms with van der Waals surface area (Å²) in [6.07, 6.45) is 0.491. The summed E-state index contributed by atoms with van der Waals surface area (Å²) < 4.78 is 28.4. The van der Waals surface area contributed by atoms with Gasteiger partial charge in [0.25, 0.3) is 0 Å². The lowest BCUT2D eigenvalue weighted by Crippen LogP contribution is -2.25. The fraction of sp³-hybridized carbons (Fsp3) is 0.438. The van der Waals surface area contributed by atoms with E-state index >= 15 is 0 Å². The number of rotatable bonds is 5. The largest absolute Gasteiger partial charge is 0.310 e. The summed E-state index contributed by atoms with van der Waals surface area (Å²) in [4.78, 5) is 5.62. The van der Waals surface area contributed by atoms with Crippen molar-refractivity contribution in [3.63, 3.8) is 0 Å². The van der Waals surface area contributed by atoms with Crippen LogP contribution in [0.15, 0.2) is 12.1 Å². The van der Waals surface area contributed by atoms with Crippen molar-refractivity contribution in [2.24, 2.45) is 0 Å². The van der Waals surface area contributed by atoms with Gasteiger partial charge in [0.2, 0.25) is 0 Å². The number of aromatic nitrogens is 1. The van der Waals surface area contributed by atoms with E-state index in [0.717, 1.165) is 15.6 Å². The molecule has 0 fully saturated rings. The Bertz CT molecular complexity index is 618. The highest BCUT2D eigenvalue weighted by Gasteiger charge is 2.22. The highest BCUT2D eigenvalue weighted by atomic mass is 32.1. The molecule has 0 saturated carbocycles. The molecule has 21 heavy (non-hydrogen) atoms.